The first-order valence-corrected chi connectivity index (χ1v) is 6.95. The summed E-state index contributed by atoms with van der Waals surface area (Å²) in [7, 11) is 0. The summed E-state index contributed by atoms with van der Waals surface area (Å²) in [5.41, 5.74) is -2.39. The first-order valence-electron chi connectivity index (χ1n) is 6.95. The maximum Gasteiger partial charge on any atom is 0.433 e. The molecule has 130 valence electrons. The van der Waals surface area contributed by atoms with Gasteiger partial charge in [0.05, 0.1) is 18.4 Å². The van der Waals surface area contributed by atoms with Crippen LogP contribution < -0.4 is 10.6 Å². The smallest absolute Gasteiger partial charge is 0.433 e. The van der Waals surface area contributed by atoms with Crippen LogP contribution in [0.1, 0.15) is 24.1 Å². The number of amides is 2. The number of alkyl halides is 3. The zero-order valence-corrected chi connectivity index (χ0v) is 12.9. The molecule has 9 heteroatoms. The van der Waals surface area contributed by atoms with Crippen LogP contribution in [0.3, 0.4) is 0 Å². The summed E-state index contributed by atoms with van der Waals surface area (Å²) in [5, 5.41) is 15.0. The van der Waals surface area contributed by atoms with E-state index in [-0.39, 0.29) is 18.0 Å². The van der Waals surface area contributed by atoms with Crippen LogP contribution in [0, 0.1) is 6.92 Å². The van der Waals surface area contributed by atoms with Crippen molar-refractivity contribution in [2.75, 3.05) is 11.9 Å². The van der Waals surface area contributed by atoms with Gasteiger partial charge in [-0.25, -0.2) is 9.78 Å². The molecule has 24 heavy (non-hydrogen) atoms. The van der Waals surface area contributed by atoms with Crippen LogP contribution in [0.25, 0.3) is 0 Å². The number of nitrogens with zero attached hydrogens (tertiary/aromatic N) is 1. The number of carbonyl (C=O) groups is 1. The normalized spacial score (nSPS) is 14.1. The fourth-order valence-corrected chi connectivity index (χ4v) is 1.87. The molecule has 6 nitrogen and oxygen atoms in total. The van der Waals surface area contributed by atoms with Gasteiger partial charge in [0.1, 0.15) is 22.8 Å². The Bertz CT molecular complexity index is 709. The largest absolute Gasteiger partial charge is 0.463 e. The van der Waals surface area contributed by atoms with Crippen molar-refractivity contribution >= 4 is 11.7 Å². The summed E-state index contributed by atoms with van der Waals surface area (Å²) >= 11 is 0. The number of nitrogens with one attached hydrogen (secondary N) is 2. The van der Waals surface area contributed by atoms with Crippen molar-refractivity contribution in [2.24, 2.45) is 0 Å². The molecule has 0 saturated carbocycles. The third-order valence-corrected chi connectivity index (χ3v) is 3.18. The fourth-order valence-electron chi connectivity index (χ4n) is 1.87. The molecule has 0 fully saturated rings. The first-order chi connectivity index (χ1) is 11.1. The topological polar surface area (TPSA) is 87.4 Å². The lowest BCUT2D eigenvalue weighted by Crippen LogP contribution is -2.40. The molecule has 2 aromatic rings. The molecule has 1 unspecified atom stereocenters. The van der Waals surface area contributed by atoms with Gasteiger partial charge in [-0.05, 0) is 38.1 Å². The highest BCUT2D eigenvalue weighted by Crippen LogP contribution is 2.27. The Balaban J connectivity index is 1.91. The van der Waals surface area contributed by atoms with E-state index in [2.05, 4.69) is 15.6 Å². The van der Waals surface area contributed by atoms with Crippen LogP contribution in [-0.4, -0.2) is 22.7 Å². The van der Waals surface area contributed by atoms with E-state index in [1.807, 2.05) is 0 Å². The Labute approximate surface area is 135 Å². The second-order valence-corrected chi connectivity index (χ2v) is 5.42. The molecule has 0 aromatic carbocycles. The second kappa shape index (κ2) is 6.52. The number of aliphatic hydroxyl groups is 1. The third-order valence-electron chi connectivity index (χ3n) is 3.18. The van der Waals surface area contributed by atoms with E-state index < -0.39 is 23.5 Å². The Morgan fingerprint density at radius 2 is 2.00 bits per heavy atom. The number of anilines is 1. The van der Waals surface area contributed by atoms with Crippen molar-refractivity contribution in [2.45, 2.75) is 25.6 Å². The van der Waals surface area contributed by atoms with Crippen LogP contribution in [0.5, 0.6) is 0 Å². The number of carbonyl (C=O) groups excluding carboxylic acids is 1. The zero-order chi connectivity index (χ0) is 18.0. The summed E-state index contributed by atoms with van der Waals surface area (Å²) in [5.74, 6) is 0.905. The second-order valence-electron chi connectivity index (χ2n) is 5.42. The van der Waals surface area contributed by atoms with Gasteiger partial charge in [0.2, 0.25) is 0 Å². The summed E-state index contributed by atoms with van der Waals surface area (Å²) in [6, 6.07) is 4.42. The van der Waals surface area contributed by atoms with Gasteiger partial charge in [-0.2, -0.15) is 13.2 Å². The highest BCUT2D eigenvalue weighted by Gasteiger charge is 2.32. The van der Waals surface area contributed by atoms with Crippen molar-refractivity contribution in [3.8, 4) is 0 Å². The number of pyridine rings is 1. The predicted molar refractivity (Wildman–Crippen MR) is 79.3 cm³/mol. The van der Waals surface area contributed by atoms with Crippen LogP contribution in [-0.2, 0) is 11.8 Å². The Morgan fingerprint density at radius 1 is 1.29 bits per heavy atom. The van der Waals surface area contributed by atoms with Crippen molar-refractivity contribution < 1.29 is 27.5 Å². The summed E-state index contributed by atoms with van der Waals surface area (Å²) in [4.78, 5) is 15.0. The number of halogens is 3. The van der Waals surface area contributed by atoms with Crippen molar-refractivity contribution in [3.05, 3.63) is 47.7 Å². The van der Waals surface area contributed by atoms with Gasteiger partial charge in [0.25, 0.3) is 0 Å². The molecule has 3 N–H and O–H groups in total. The minimum absolute atomic E-state index is 0.0917. The van der Waals surface area contributed by atoms with Crippen molar-refractivity contribution in [1.82, 2.24) is 10.3 Å². The average Bonchev–Trinajstić information content (AvgIpc) is 2.92. The number of urea groups is 1. The van der Waals surface area contributed by atoms with Crippen LogP contribution in [0.4, 0.5) is 23.7 Å². The molecule has 0 saturated heterocycles. The zero-order valence-electron chi connectivity index (χ0n) is 12.9. The molecule has 0 spiro atoms. The SMILES string of the molecule is Cc1ccc(C(C)(O)CNC(=O)Nc2ccc(C(F)(F)F)nc2)o1. The number of rotatable bonds is 4. The van der Waals surface area contributed by atoms with Gasteiger partial charge in [-0.3, -0.25) is 0 Å². The van der Waals surface area contributed by atoms with Crippen LogP contribution >= 0.6 is 0 Å². The van der Waals surface area contributed by atoms with Gasteiger partial charge < -0.3 is 20.2 Å². The molecule has 0 aliphatic rings. The highest BCUT2D eigenvalue weighted by atomic mass is 19.4. The molecule has 0 aliphatic heterocycles. The summed E-state index contributed by atoms with van der Waals surface area (Å²) < 4.78 is 42.5. The predicted octanol–water partition coefficient (Wildman–Crippen LogP) is 3.03. The summed E-state index contributed by atoms with van der Waals surface area (Å²) in [6.45, 7) is 3.03. The van der Waals surface area contributed by atoms with Gasteiger partial charge in [-0.1, -0.05) is 0 Å². The van der Waals surface area contributed by atoms with Crippen LogP contribution in [0.2, 0.25) is 0 Å². The summed E-state index contributed by atoms with van der Waals surface area (Å²) in [6.07, 6.45) is -3.64. The van der Waals surface area contributed by atoms with Crippen molar-refractivity contribution in [1.29, 1.82) is 0 Å². The molecular formula is C15H16F3N3O3. The van der Waals surface area contributed by atoms with E-state index in [9.17, 15) is 23.1 Å². The highest BCUT2D eigenvalue weighted by molar-refractivity contribution is 5.89. The molecule has 2 rings (SSSR count). The Kier molecular flexibility index (Phi) is 4.83. The number of hydrogen-bond acceptors (Lipinski definition) is 4. The molecule has 0 bridgehead atoms. The van der Waals surface area contributed by atoms with Gasteiger partial charge >= 0.3 is 12.2 Å². The molecule has 1 atom stereocenters. The fraction of sp³-hybridized carbons (Fsp3) is 0.333. The number of aryl methyl sites for hydroxylation is 1. The number of hydrogen-bond donors (Lipinski definition) is 3. The van der Waals surface area contributed by atoms with E-state index in [0.717, 1.165) is 18.3 Å². The van der Waals surface area contributed by atoms with Crippen LogP contribution in [0.15, 0.2) is 34.9 Å². The van der Waals surface area contributed by atoms with Gasteiger partial charge in [-0.15, -0.1) is 0 Å². The maximum absolute atomic E-state index is 12.4. The lowest BCUT2D eigenvalue weighted by molar-refractivity contribution is -0.141. The minimum Gasteiger partial charge on any atom is -0.463 e. The third kappa shape index (κ3) is 4.48. The van der Waals surface area contributed by atoms with E-state index in [1.54, 1.807) is 19.1 Å². The van der Waals surface area contributed by atoms with Crippen molar-refractivity contribution in [3.63, 3.8) is 0 Å². The molecule has 0 radical (unpaired) electrons. The quantitative estimate of drug-likeness (QED) is 0.796. The molecule has 0 aliphatic carbocycles. The maximum atomic E-state index is 12.4. The molecule has 2 aromatic heterocycles. The number of furan rings is 1. The monoisotopic (exact) mass is 343 g/mol. The van der Waals surface area contributed by atoms with Gasteiger partial charge in [0, 0.05) is 0 Å². The average molecular weight is 343 g/mol. The lowest BCUT2D eigenvalue weighted by Gasteiger charge is -2.21. The molecular weight excluding hydrogens is 327 g/mol. The van der Waals surface area contributed by atoms with E-state index in [1.165, 1.54) is 6.92 Å². The number of aromatic nitrogens is 1. The Hall–Kier alpha value is -2.55. The molecule has 2 heterocycles. The van der Waals surface area contributed by atoms with E-state index in [0.29, 0.717) is 5.76 Å². The first kappa shape index (κ1) is 17.8. The van der Waals surface area contributed by atoms with Gasteiger partial charge in [0.15, 0.2) is 0 Å². The molecule has 2 amide bonds. The lowest BCUT2D eigenvalue weighted by atomic mass is 10.0. The minimum atomic E-state index is -4.54. The standard InChI is InChI=1S/C15H16F3N3O3/c1-9-3-6-12(24-9)14(2,23)8-20-13(22)21-10-4-5-11(19-7-10)15(16,17)18/h3-7,23H,8H2,1-2H3,(H2,20,21,22). The van der Waals surface area contributed by atoms with E-state index in [4.69, 9.17) is 4.42 Å². The van der Waals surface area contributed by atoms with E-state index >= 15 is 0 Å². The Morgan fingerprint density at radius 3 is 2.50 bits per heavy atom.